The van der Waals surface area contributed by atoms with Gasteiger partial charge in [0.2, 0.25) is 0 Å². The number of aromatic nitrogens is 1. The van der Waals surface area contributed by atoms with Crippen molar-refractivity contribution in [2.75, 3.05) is 38.1 Å². The van der Waals surface area contributed by atoms with E-state index in [1.54, 1.807) is 0 Å². The van der Waals surface area contributed by atoms with Gasteiger partial charge in [-0.15, -0.1) is 0 Å². The van der Waals surface area contributed by atoms with Crippen LogP contribution in [0.15, 0.2) is 6.07 Å². The molecule has 1 aromatic heterocycles. The zero-order chi connectivity index (χ0) is 13.5. The quantitative estimate of drug-likeness (QED) is 0.496. The third-order valence-corrected chi connectivity index (χ3v) is 2.25. The summed E-state index contributed by atoms with van der Waals surface area (Å²) in [7, 11) is 3.03. The van der Waals surface area contributed by atoms with Crippen molar-refractivity contribution in [2.45, 2.75) is 6.10 Å². The minimum absolute atomic E-state index is 0.109. The summed E-state index contributed by atoms with van der Waals surface area (Å²) in [6.07, 6.45) is -0.268. The van der Waals surface area contributed by atoms with Gasteiger partial charge in [0.05, 0.1) is 12.7 Å². The highest BCUT2D eigenvalue weighted by molar-refractivity contribution is 5.46. The standard InChI is InChI=1S/C10H16F2N4O2/c1-17-5-6(18-2)4-14-9-7(11)3-8(12)10(15-9)16-13/h3,6H,4-5,13H2,1-2H3,(H2,14,15,16). The van der Waals surface area contributed by atoms with Crippen LogP contribution < -0.4 is 16.6 Å². The van der Waals surface area contributed by atoms with Crippen molar-refractivity contribution in [3.63, 3.8) is 0 Å². The maximum Gasteiger partial charge on any atom is 0.178 e. The molecule has 0 bridgehead atoms. The zero-order valence-electron chi connectivity index (χ0n) is 10.2. The van der Waals surface area contributed by atoms with Crippen LogP contribution in [-0.4, -0.2) is 38.5 Å². The predicted octanol–water partition coefficient (Wildman–Crippen LogP) is 0.719. The third kappa shape index (κ3) is 3.76. The number of ether oxygens (including phenoxy) is 2. The van der Waals surface area contributed by atoms with Crippen molar-refractivity contribution in [3.8, 4) is 0 Å². The molecule has 0 aromatic carbocycles. The zero-order valence-corrected chi connectivity index (χ0v) is 10.2. The molecule has 4 N–H and O–H groups in total. The lowest BCUT2D eigenvalue weighted by Gasteiger charge is -2.16. The molecule has 1 rings (SSSR count). The molecule has 102 valence electrons. The second-order valence-electron chi connectivity index (χ2n) is 3.49. The molecule has 18 heavy (non-hydrogen) atoms. The molecular weight excluding hydrogens is 246 g/mol. The molecule has 0 spiro atoms. The number of pyridine rings is 1. The normalized spacial score (nSPS) is 12.3. The van der Waals surface area contributed by atoms with Crippen LogP contribution in [0.25, 0.3) is 0 Å². The lowest BCUT2D eigenvalue weighted by atomic mass is 10.3. The Morgan fingerprint density at radius 2 is 2.00 bits per heavy atom. The number of rotatable bonds is 7. The first kappa shape index (κ1) is 14.6. The fraction of sp³-hybridized carbons (Fsp3) is 0.500. The summed E-state index contributed by atoms with van der Waals surface area (Å²) >= 11 is 0. The molecule has 0 radical (unpaired) electrons. The molecule has 0 amide bonds. The topological polar surface area (TPSA) is 81.4 Å². The van der Waals surface area contributed by atoms with Gasteiger partial charge in [-0.2, -0.15) is 0 Å². The summed E-state index contributed by atoms with van der Waals surface area (Å²) in [6, 6.07) is 0.697. The summed E-state index contributed by atoms with van der Waals surface area (Å²) in [4.78, 5) is 3.66. The van der Waals surface area contributed by atoms with Crippen LogP contribution in [0.3, 0.4) is 0 Å². The first-order chi connectivity index (χ1) is 8.62. The molecule has 1 heterocycles. The first-order valence-corrected chi connectivity index (χ1v) is 5.20. The van der Waals surface area contributed by atoms with Gasteiger partial charge in [0.15, 0.2) is 23.3 Å². The minimum atomic E-state index is -0.860. The largest absolute Gasteiger partial charge is 0.382 e. The molecule has 1 aromatic rings. The number of hydrazine groups is 1. The average molecular weight is 262 g/mol. The fourth-order valence-corrected chi connectivity index (χ4v) is 1.30. The predicted molar refractivity (Wildman–Crippen MR) is 63.1 cm³/mol. The van der Waals surface area contributed by atoms with Crippen LogP contribution in [-0.2, 0) is 9.47 Å². The molecule has 1 unspecified atom stereocenters. The number of nitrogens with zero attached hydrogens (tertiary/aromatic N) is 1. The second-order valence-corrected chi connectivity index (χ2v) is 3.49. The number of methoxy groups -OCH3 is 2. The van der Waals surface area contributed by atoms with Gasteiger partial charge in [-0.3, -0.25) is 0 Å². The van der Waals surface area contributed by atoms with Gasteiger partial charge in [0, 0.05) is 26.8 Å². The van der Waals surface area contributed by atoms with Gasteiger partial charge in [-0.05, 0) is 0 Å². The number of nitrogens with one attached hydrogen (secondary N) is 2. The number of halogens is 2. The number of hydrogen-bond donors (Lipinski definition) is 3. The summed E-state index contributed by atoms with van der Waals surface area (Å²) in [5.74, 6) is 3.04. The summed E-state index contributed by atoms with van der Waals surface area (Å²) in [5.41, 5.74) is 2.04. The number of hydrogen-bond acceptors (Lipinski definition) is 6. The Kier molecular flexibility index (Phi) is 5.69. The van der Waals surface area contributed by atoms with E-state index in [1.807, 2.05) is 5.43 Å². The minimum Gasteiger partial charge on any atom is -0.382 e. The number of anilines is 2. The van der Waals surface area contributed by atoms with Crippen molar-refractivity contribution in [1.29, 1.82) is 0 Å². The highest BCUT2D eigenvalue weighted by atomic mass is 19.1. The summed E-state index contributed by atoms with van der Waals surface area (Å²) in [5, 5.41) is 2.70. The smallest absolute Gasteiger partial charge is 0.178 e. The molecule has 6 nitrogen and oxygen atoms in total. The lowest BCUT2D eigenvalue weighted by molar-refractivity contribution is 0.0365. The van der Waals surface area contributed by atoms with E-state index in [-0.39, 0.29) is 24.3 Å². The molecule has 1 atom stereocenters. The maximum atomic E-state index is 13.4. The Bertz CT molecular complexity index is 392. The third-order valence-electron chi connectivity index (χ3n) is 2.25. The highest BCUT2D eigenvalue weighted by Crippen LogP contribution is 2.18. The Balaban J connectivity index is 2.72. The number of nitrogens with two attached hydrogens (primary N) is 1. The van der Waals surface area contributed by atoms with Crippen LogP contribution >= 0.6 is 0 Å². The van der Waals surface area contributed by atoms with E-state index in [0.29, 0.717) is 12.7 Å². The fourth-order valence-electron chi connectivity index (χ4n) is 1.30. The summed E-state index contributed by atoms with van der Waals surface area (Å²) in [6.45, 7) is 0.609. The molecule has 0 saturated heterocycles. The Morgan fingerprint density at radius 1 is 1.33 bits per heavy atom. The molecule has 8 heteroatoms. The van der Waals surface area contributed by atoms with Gasteiger partial charge in [-0.25, -0.2) is 19.6 Å². The summed E-state index contributed by atoms with van der Waals surface area (Å²) < 4.78 is 36.5. The van der Waals surface area contributed by atoms with Crippen LogP contribution in [0.1, 0.15) is 0 Å². The molecule has 0 aliphatic rings. The van der Waals surface area contributed by atoms with E-state index in [9.17, 15) is 8.78 Å². The van der Waals surface area contributed by atoms with E-state index < -0.39 is 11.6 Å². The van der Waals surface area contributed by atoms with Gasteiger partial charge >= 0.3 is 0 Å². The van der Waals surface area contributed by atoms with Gasteiger partial charge < -0.3 is 20.2 Å². The van der Waals surface area contributed by atoms with Crippen molar-refractivity contribution in [2.24, 2.45) is 5.84 Å². The van der Waals surface area contributed by atoms with E-state index in [4.69, 9.17) is 15.3 Å². The average Bonchev–Trinajstić information content (AvgIpc) is 2.36. The SMILES string of the molecule is COCC(CNc1nc(NN)c(F)cc1F)OC. The molecule has 0 aliphatic heterocycles. The second kappa shape index (κ2) is 7.04. The highest BCUT2D eigenvalue weighted by Gasteiger charge is 2.13. The Hall–Kier alpha value is -1.51. The van der Waals surface area contributed by atoms with E-state index in [2.05, 4.69) is 10.3 Å². The molecule has 0 aliphatic carbocycles. The van der Waals surface area contributed by atoms with Gasteiger partial charge in [-0.1, -0.05) is 0 Å². The molecule has 0 fully saturated rings. The molecular formula is C10H16F2N4O2. The van der Waals surface area contributed by atoms with Gasteiger partial charge in [0.25, 0.3) is 0 Å². The first-order valence-electron chi connectivity index (χ1n) is 5.20. The van der Waals surface area contributed by atoms with E-state index >= 15 is 0 Å². The van der Waals surface area contributed by atoms with E-state index in [0.717, 1.165) is 0 Å². The van der Waals surface area contributed by atoms with Crippen molar-refractivity contribution < 1.29 is 18.3 Å². The van der Waals surface area contributed by atoms with Crippen molar-refractivity contribution >= 4 is 11.6 Å². The van der Waals surface area contributed by atoms with Gasteiger partial charge in [0.1, 0.15) is 0 Å². The van der Waals surface area contributed by atoms with Crippen LogP contribution in [0.4, 0.5) is 20.4 Å². The lowest BCUT2D eigenvalue weighted by Crippen LogP contribution is -2.27. The van der Waals surface area contributed by atoms with Crippen LogP contribution in [0.2, 0.25) is 0 Å². The van der Waals surface area contributed by atoms with Crippen molar-refractivity contribution in [1.82, 2.24) is 4.98 Å². The maximum absolute atomic E-state index is 13.4. The van der Waals surface area contributed by atoms with Crippen molar-refractivity contribution in [3.05, 3.63) is 17.7 Å². The van der Waals surface area contributed by atoms with Crippen LogP contribution in [0.5, 0.6) is 0 Å². The van der Waals surface area contributed by atoms with Crippen LogP contribution in [0, 0.1) is 11.6 Å². The van der Waals surface area contributed by atoms with E-state index in [1.165, 1.54) is 14.2 Å². The number of nitrogen functional groups attached to an aromatic ring is 1. The monoisotopic (exact) mass is 262 g/mol. The Labute approximate surface area is 103 Å². The molecule has 0 saturated carbocycles. The Morgan fingerprint density at radius 3 is 2.56 bits per heavy atom.